The first-order valence-electron chi connectivity index (χ1n) is 5.80. The molecule has 0 saturated carbocycles. The number of halogens is 1. The van der Waals surface area contributed by atoms with Crippen LogP contribution in [-0.2, 0) is 0 Å². The molecule has 0 aliphatic heterocycles. The Labute approximate surface area is 118 Å². The molecule has 3 aromatic rings. The molecule has 0 bridgehead atoms. The van der Waals surface area contributed by atoms with Crippen molar-refractivity contribution < 1.29 is 9.32 Å². The zero-order valence-electron chi connectivity index (χ0n) is 10.4. The van der Waals surface area contributed by atoms with Crippen molar-refractivity contribution in [1.29, 1.82) is 0 Å². The fourth-order valence-electron chi connectivity index (χ4n) is 1.85. The lowest BCUT2D eigenvalue weighted by Crippen LogP contribution is -2.13. The molecule has 3 rings (SSSR count). The summed E-state index contributed by atoms with van der Waals surface area (Å²) in [5.74, 6) is 0.0633. The molecule has 1 aromatic carbocycles. The Kier molecular flexibility index (Phi) is 3.08. The standard InChI is InChI=1S/C13H9ClN4O2/c1-7-16-13(20-18-7)17-12(19)10-6-15-11(14)9-5-3-2-4-8(9)10/h2-6H,1H3,(H,16,17,18,19). The largest absolute Gasteiger partial charge is 0.328 e. The van der Waals surface area contributed by atoms with E-state index < -0.39 is 0 Å². The van der Waals surface area contributed by atoms with E-state index in [1.807, 2.05) is 12.1 Å². The molecular weight excluding hydrogens is 280 g/mol. The number of nitrogens with one attached hydrogen (secondary N) is 1. The lowest BCUT2D eigenvalue weighted by Gasteiger charge is -2.06. The minimum atomic E-state index is -0.381. The molecule has 1 N–H and O–H groups in total. The van der Waals surface area contributed by atoms with Crippen LogP contribution in [-0.4, -0.2) is 21.0 Å². The van der Waals surface area contributed by atoms with Gasteiger partial charge in [-0.1, -0.05) is 41.0 Å². The molecule has 0 aliphatic rings. The lowest BCUT2D eigenvalue weighted by molar-refractivity contribution is 0.102. The number of hydrogen-bond donors (Lipinski definition) is 1. The number of aryl methyl sites for hydroxylation is 1. The summed E-state index contributed by atoms with van der Waals surface area (Å²) < 4.78 is 4.85. The van der Waals surface area contributed by atoms with E-state index in [4.69, 9.17) is 16.1 Å². The number of pyridine rings is 1. The van der Waals surface area contributed by atoms with Gasteiger partial charge in [0, 0.05) is 11.6 Å². The average Bonchev–Trinajstić information content (AvgIpc) is 2.84. The predicted octanol–water partition coefficient (Wildman–Crippen LogP) is 2.83. The van der Waals surface area contributed by atoms with E-state index in [0.29, 0.717) is 27.3 Å². The second-order valence-corrected chi connectivity index (χ2v) is 4.47. The Balaban J connectivity index is 2.01. The summed E-state index contributed by atoms with van der Waals surface area (Å²) in [6, 6.07) is 7.31. The summed E-state index contributed by atoms with van der Waals surface area (Å²) in [6.45, 7) is 1.67. The van der Waals surface area contributed by atoms with Crippen LogP contribution in [0.4, 0.5) is 6.01 Å². The highest BCUT2D eigenvalue weighted by Gasteiger charge is 2.15. The van der Waals surface area contributed by atoms with E-state index in [9.17, 15) is 4.79 Å². The van der Waals surface area contributed by atoms with E-state index in [0.717, 1.165) is 0 Å². The van der Waals surface area contributed by atoms with Gasteiger partial charge in [0.05, 0.1) is 5.56 Å². The van der Waals surface area contributed by atoms with Gasteiger partial charge in [0.15, 0.2) is 5.82 Å². The van der Waals surface area contributed by atoms with Gasteiger partial charge in [0.2, 0.25) is 0 Å². The zero-order valence-corrected chi connectivity index (χ0v) is 11.2. The highest BCUT2D eigenvalue weighted by molar-refractivity contribution is 6.35. The smallest absolute Gasteiger partial charge is 0.315 e. The maximum absolute atomic E-state index is 12.2. The van der Waals surface area contributed by atoms with Crippen LogP contribution in [0.15, 0.2) is 35.0 Å². The van der Waals surface area contributed by atoms with Crippen molar-refractivity contribution in [2.24, 2.45) is 0 Å². The number of fused-ring (bicyclic) bond motifs is 1. The Hall–Kier alpha value is -2.47. The first-order valence-corrected chi connectivity index (χ1v) is 6.18. The molecule has 7 heteroatoms. The van der Waals surface area contributed by atoms with Gasteiger partial charge in [0.1, 0.15) is 5.15 Å². The van der Waals surface area contributed by atoms with Crippen LogP contribution in [0.1, 0.15) is 16.2 Å². The molecule has 0 unspecified atom stereocenters. The molecule has 0 atom stereocenters. The van der Waals surface area contributed by atoms with Gasteiger partial charge in [0.25, 0.3) is 5.91 Å². The molecule has 0 spiro atoms. The number of benzene rings is 1. The summed E-state index contributed by atoms with van der Waals surface area (Å²) in [5.41, 5.74) is 0.390. The van der Waals surface area contributed by atoms with Crippen molar-refractivity contribution >= 4 is 34.3 Å². The molecule has 1 amide bonds. The lowest BCUT2D eigenvalue weighted by atomic mass is 10.1. The molecule has 2 aromatic heterocycles. The van der Waals surface area contributed by atoms with Gasteiger partial charge in [-0.2, -0.15) is 4.98 Å². The number of nitrogens with zero attached hydrogens (tertiary/aromatic N) is 3. The second-order valence-electron chi connectivity index (χ2n) is 4.11. The van der Waals surface area contributed by atoms with Gasteiger partial charge >= 0.3 is 6.01 Å². The van der Waals surface area contributed by atoms with Gasteiger partial charge in [-0.15, -0.1) is 0 Å². The Morgan fingerprint density at radius 2 is 2.05 bits per heavy atom. The molecule has 0 radical (unpaired) electrons. The van der Waals surface area contributed by atoms with Crippen molar-refractivity contribution in [1.82, 2.24) is 15.1 Å². The van der Waals surface area contributed by atoms with Crippen LogP contribution in [0.2, 0.25) is 5.15 Å². The zero-order chi connectivity index (χ0) is 14.1. The van der Waals surface area contributed by atoms with Crippen molar-refractivity contribution in [2.75, 3.05) is 5.32 Å². The number of carbonyl (C=O) groups excluding carboxylic acids is 1. The number of aromatic nitrogens is 3. The number of amides is 1. The van der Waals surface area contributed by atoms with E-state index in [-0.39, 0.29) is 11.9 Å². The molecule has 2 heterocycles. The number of hydrogen-bond acceptors (Lipinski definition) is 5. The molecule has 0 saturated heterocycles. The number of carbonyl (C=O) groups is 1. The third kappa shape index (κ3) is 2.21. The molecule has 0 aliphatic carbocycles. The van der Waals surface area contributed by atoms with Crippen LogP contribution in [0.25, 0.3) is 10.8 Å². The second kappa shape index (κ2) is 4.90. The predicted molar refractivity (Wildman–Crippen MR) is 73.7 cm³/mol. The van der Waals surface area contributed by atoms with Gasteiger partial charge < -0.3 is 4.52 Å². The minimum Gasteiger partial charge on any atom is -0.315 e. The topological polar surface area (TPSA) is 80.9 Å². The first-order chi connectivity index (χ1) is 9.65. The van der Waals surface area contributed by atoms with E-state index >= 15 is 0 Å². The van der Waals surface area contributed by atoms with Gasteiger partial charge in [-0.25, -0.2) is 4.98 Å². The molecular formula is C13H9ClN4O2. The van der Waals surface area contributed by atoms with E-state index in [1.54, 1.807) is 19.1 Å². The first kappa shape index (κ1) is 12.6. The third-order valence-corrected chi connectivity index (χ3v) is 3.04. The Bertz CT molecular complexity index is 800. The SMILES string of the molecule is Cc1noc(NC(=O)c2cnc(Cl)c3ccccc23)n1. The minimum absolute atomic E-state index is 0.0477. The Morgan fingerprint density at radius 1 is 1.30 bits per heavy atom. The normalized spacial score (nSPS) is 10.7. The van der Waals surface area contributed by atoms with Crippen LogP contribution in [0, 0.1) is 6.92 Å². The molecule has 100 valence electrons. The summed E-state index contributed by atoms with van der Waals surface area (Å²) >= 11 is 6.01. The van der Waals surface area contributed by atoms with Crippen LogP contribution in [0.3, 0.4) is 0 Å². The third-order valence-electron chi connectivity index (χ3n) is 2.74. The Morgan fingerprint density at radius 3 is 2.75 bits per heavy atom. The summed E-state index contributed by atoms with van der Waals surface area (Å²) in [4.78, 5) is 20.2. The maximum Gasteiger partial charge on any atom is 0.328 e. The fourth-order valence-corrected chi connectivity index (χ4v) is 2.07. The highest BCUT2D eigenvalue weighted by atomic mass is 35.5. The van der Waals surface area contributed by atoms with Crippen molar-refractivity contribution in [3.63, 3.8) is 0 Å². The van der Waals surface area contributed by atoms with Crippen molar-refractivity contribution in [3.8, 4) is 0 Å². The van der Waals surface area contributed by atoms with E-state index in [2.05, 4.69) is 20.4 Å². The summed E-state index contributed by atoms with van der Waals surface area (Å²) in [5, 5.41) is 7.90. The molecule has 6 nitrogen and oxygen atoms in total. The molecule has 0 fully saturated rings. The maximum atomic E-state index is 12.2. The van der Waals surface area contributed by atoms with E-state index in [1.165, 1.54) is 6.20 Å². The van der Waals surface area contributed by atoms with Crippen LogP contribution < -0.4 is 5.32 Å². The fraction of sp³-hybridized carbons (Fsp3) is 0.0769. The van der Waals surface area contributed by atoms with Crippen molar-refractivity contribution in [2.45, 2.75) is 6.92 Å². The molecule has 20 heavy (non-hydrogen) atoms. The van der Waals surface area contributed by atoms with Crippen LogP contribution in [0.5, 0.6) is 0 Å². The average molecular weight is 289 g/mol. The van der Waals surface area contributed by atoms with Gasteiger partial charge in [-0.05, 0) is 12.3 Å². The van der Waals surface area contributed by atoms with Crippen molar-refractivity contribution in [3.05, 3.63) is 47.0 Å². The van der Waals surface area contributed by atoms with Crippen LogP contribution >= 0.6 is 11.6 Å². The monoisotopic (exact) mass is 288 g/mol. The van der Waals surface area contributed by atoms with Gasteiger partial charge in [-0.3, -0.25) is 10.1 Å². The number of rotatable bonds is 2. The quantitative estimate of drug-likeness (QED) is 0.733. The summed E-state index contributed by atoms with van der Waals surface area (Å²) in [6.07, 6.45) is 1.42. The number of anilines is 1. The summed E-state index contributed by atoms with van der Waals surface area (Å²) in [7, 11) is 0. The highest BCUT2D eigenvalue weighted by Crippen LogP contribution is 2.24.